The predicted molar refractivity (Wildman–Crippen MR) is 106 cm³/mol. The molecule has 0 aromatic heterocycles. The molecule has 7 nitrogen and oxygen atoms in total. The Kier molecular flexibility index (Phi) is 6.70. The number of hydrogen-bond donors (Lipinski definition) is 4. The number of benzene rings is 1. The lowest BCUT2D eigenvalue weighted by atomic mass is 9.86. The molecule has 1 aliphatic carbocycles. The van der Waals surface area contributed by atoms with Crippen molar-refractivity contribution >= 4 is 17.4 Å². The van der Waals surface area contributed by atoms with E-state index in [0.29, 0.717) is 24.3 Å². The number of alkyl halides is 1. The van der Waals surface area contributed by atoms with Crippen molar-refractivity contribution in [1.82, 2.24) is 0 Å². The molecular formula is C21H29ClO7. The van der Waals surface area contributed by atoms with E-state index in [1.165, 1.54) is 0 Å². The Hall–Kier alpha value is -1.06. The first-order valence-corrected chi connectivity index (χ1v) is 10.3. The largest absolute Gasteiger partial charge is 0.394 e. The van der Waals surface area contributed by atoms with Gasteiger partial charge in [-0.1, -0.05) is 6.07 Å². The van der Waals surface area contributed by atoms with E-state index in [0.717, 1.165) is 22.3 Å². The number of ether oxygens (including phenoxy) is 2. The molecule has 0 radical (unpaired) electrons. The number of carbonyl (C=O) groups is 1. The second-order valence-electron chi connectivity index (χ2n) is 8.34. The van der Waals surface area contributed by atoms with Crippen LogP contribution in [-0.2, 0) is 22.3 Å². The highest BCUT2D eigenvalue weighted by atomic mass is 35.5. The van der Waals surface area contributed by atoms with Crippen LogP contribution in [0.5, 0.6) is 0 Å². The van der Waals surface area contributed by atoms with Crippen LogP contribution in [0, 0.1) is 19.3 Å². The molecule has 0 bridgehead atoms. The highest BCUT2D eigenvalue weighted by Crippen LogP contribution is 2.41. The minimum absolute atomic E-state index is 0.0352. The number of fused-ring (bicyclic) bond motifs is 1. The van der Waals surface area contributed by atoms with Gasteiger partial charge < -0.3 is 29.9 Å². The van der Waals surface area contributed by atoms with Crippen molar-refractivity contribution in [3.05, 3.63) is 33.9 Å². The lowest BCUT2D eigenvalue weighted by Crippen LogP contribution is -2.59. The van der Waals surface area contributed by atoms with Gasteiger partial charge >= 0.3 is 0 Å². The zero-order valence-corrected chi connectivity index (χ0v) is 17.6. The van der Waals surface area contributed by atoms with E-state index < -0.39 is 42.7 Å². The third-order valence-electron chi connectivity index (χ3n) is 6.13. The van der Waals surface area contributed by atoms with Crippen LogP contribution in [0.2, 0.25) is 0 Å². The van der Waals surface area contributed by atoms with Gasteiger partial charge in [0.2, 0.25) is 0 Å². The molecule has 3 rings (SSSR count). The van der Waals surface area contributed by atoms with Gasteiger partial charge in [-0.15, -0.1) is 11.6 Å². The molecule has 1 aliphatic heterocycles. The fraction of sp³-hybridized carbons (Fsp3) is 0.667. The molecule has 8 heteroatoms. The smallest absolute Gasteiger partial charge is 0.186 e. The van der Waals surface area contributed by atoms with Gasteiger partial charge in [-0.2, -0.15) is 0 Å². The van der Waals surface area contributed by atoms with Crippen LogP contribution in [0.15, 0.2) is 6.07 Å². The summed E-state index contributed by atoms with van der Waals surface area (Å²) in [5.74, 6) is 0.442. The maximum Gasteiger partial charge on any atom is 0.186 e. The molecule has 0 spiro atoms. The molecule has 6 atom stereocenters. The number of carbonyl (C=O) groups excluding carboxylic acids is 1. The monoisotopic (exact) mass is 428 g/mol. The first-order valence-electron chi connectivity index (χ1n) is 9.79. The summed E-state index contributed by atoms with van der Waals surface area (Å²) in [7, 11) is 0. The second kappa shape index (κ2) is 8.59. The van der Waals surface area contributed by atoms with Gasteiger partial charge in [-0.3, -0.25) is 4.79 Å². The number of rotatable bonds is 6. The molecule has 1 fully saturated rings. The number of halogens is 1. The zero-order chi connectivity index (χ0) is 21.5. The van der Waals surface area contributed by atoms with Gasteiger partial charge in [0.15, 0.2) is 12.1 Å². The Morgan fingerprint density at radius 3 is 2.55 bits per heavy atom. The normalized spacial score (nSPS) is 34.5. The highest BCUT2D eigenvalue weighted by Gasteiger charge is 2.47. The lowest BCUT2D eigenvalue weighted by molar-refractivity contribution is -0.304. The third kappa shape index (κ3) is 3.97. The van der Waals surface area contributed by atoms with E-state index in [9.17, 15) is 25.2 Å². The SMILES string of the molecule is Cc1cc2c(c(C)c1CCCl)C(=O)[C@](C)(CO[C@H]1O[C@@H](CO)[C@H](O)[C@@H](O)[C@@H]1O)C2. The molecule has 0 amide bonds. The Labute approximate surface area is 175 Å². The molecule has 4 N–H and O–H groups in total. The van der Waals surface area contributed by atoms with Crippen LogP contribution >= 0.6 is 11.6 Å². The van der Waals surface area contributed by atoms with Crippen molar-refractivity contribution in [1.29, 1.82) is 0 Å². The molecule has 2 aliphatic rings. The topological polar surface area (TPSA) is 116 Å². The van der Waals surface area contributed by atoms with Crippen molar-refractivity contribution < 1.29 is 34.7 Å². The Morgan fingerprint density at radius 1 is 1.24 bits per heavy atom. The van der Waals surface area contributed by atoms with E-state index in [4.69, 9.17) is 21.1 Å². The average Bonchev–Trinajstić information content (AvgIpc) is 2.93. The number of hydrogen-bond acceptors (Lipinski definition) is 7. The van der Waals surface area contributed by atoms with Crippen LogP contribution < -0.4 is 0 Å². The first-order chi connectivity index (χ1) is 13.6. The molecule has 1 saturated heterocycles. The predicted octanol–water partition coefficient (Wildman–Crippen LogP) is 0.646. The Bertz CT molecular complexity index is 781. The van der Waals surface area contributed by atoms with Gasteiger partial charge in [0.1, 0.15) is 24.4 Å². The molecule has 29 heavy (non-hydrogen) atoms. The fourth-order valence-corrected chi connectivity index (χ4v) is 4.62. The molecule has 1 aromatic carbocycles. The molecule has 162 valence electrons. The first kappa shape index (κ1) is 22.6. The van der Waals surface area contributed by atoms with Crippen molar-refractivity contribution in [3.8, 4) is 0 Å². The van der Waals surface area contributed by atoms with Crippen molar-refractivity contribution in [2.45, 2.75) is 64.3 Å². The summed E-state index contributed by atoms with van der Waals surface area (Å²) in [5, 5.41) is 39.3. The molecular weight excluding hydrogens is 400 g/mol. The van der Waals surface area contributed by atoms with E-state index in [2.05, 4.69) is 0 Å². The van der Waals surface area contributed by atoms with Crippen molar-refractivity contribution in [2.75, 3.05) is 19.1 Å². The van der Waals surface area contributed by atoms with Crippen LogP contribution in [0.1, 0.15) is 39.5 Å². The molecule has 1 aromatic rings. The molecule has 0 unspecified atom stereocenters. The highest BCUT2D eigenvalue weighted by molar-refractivity contribution is 6.18. The quantitative estimate of drug-likeness (QED) is 0.491. The summed E-state index contributed by atoms with van der Waals surface area (Å²) >= 11 is 5.92. The summed E-state index contributed by atoms with van der Waals surface area (Å²) in [6, 6.07) is 2.03. The summed E-state index contributed by atoms with van der Waals surface area (Å²) in [4.78, 5) is 13.3. The molecule has 0 saturated carbocycles. The van der Waals surface area contributed by atoms with Crippen LogP contribution in [0.3, 0.4) is 0 Å². The summed E-state index contributed by atoms with van der Waals surface area (Å²) in [5.41, 5.74) is 3.96. The van der Waals surface area contributed by atoms with Gasteiger partial charge in [-0.05, 0) is 55.9 Å². The number of aliphatic hydroxyl groups excluding tert-OH is 4. The second-order valence-corrected chi connectivity index (χ2v) is 8.72. The van der Waals surface area contributed by atoms with Gasteiger partial charge in [0.05, 0.1) is 18.6 Å². The number of aryl methyl sites for hydroxylation is 1. The van der Waals surface area contributed by atoms with E-state index in [-0.39, 0.29) is 12.4 Å². The van der Waals surface area contributed by atoms with Crippen molar-refractivity contribution in [3.63, 3.8) is 0 Å². The summed E-state index contributed by atoms with van der Waals surface area (Å²) in [6.45, 7) is 5.19. The Morgan fingerprint density at radius 2 is 1.93 bits per heavy atom. The standard InChI is InChI=1S/C21H29ClO7/c1-10-6-12-7-21(3,19(27)15(12)11(2)13(10)4-5-22)9-28-20-18(26)17(25)16(24)14(8-23)29-20/h6,14,16-18,20,23-26H,4-5,7-9H2,1-3H3/t14-,16-,17+,18-,20-,21-/m0/s1. The third-order valence-corrected chi connectivity index (χ3v) is 6.32. The maximum atomic E-state index is 13.3. The summed E-state index contributed by atoms with van der Waals surface area (Å²) in [6.07, 6.45) is -5.58. The van der Waals surface area contributed by atoms with Gasteiger partial charge in [-0.25, -0.2) is 0 Å². The minimum Gasteiger partial charge on any atom is -0.394 e. The van der Waals surface area contributed by atoms with Gasteiger partial charge in [0, 0.05) is 11.4 Å². The number of aliphatic hydroxyl groups is 4. The van der Waals surface area contributed by atoms with Gasteiger partial charge in [0.25, 0.3) is 0 Å². The maximum absolute atomic E-state index is 13.3. The fourth-order valence-electron chi connectivity index (χ4n) is 4.43. The zero-order valence-electron chi connectivity index (χ0n) is 16.9. The van der Waals surface area contributed by atoms with Crippen molar-refractivity contribution in [2.24, 2.45) is 5.41 Å². The minimum atomic E-state index is -1.52. The van der Waals surface area contributed by atoms with Crippen LogP contribution in [0.4, 0.5) is 0 Å². The molecule has 1 heterocycles. The number of ketones is 1. The van der Waals surface area contributed by atoms with E-state index in [1.54, 1.807) is 6.92 Å². The van der Waals surface area contributed by atoms with Crippen LogP contribution in [-0.4, -0.2) is 76.0 Å². The number of Topliss-reactive ketones (excluding diaryl/α,β-unsaturated/α-hetero) is 1. The van der Waals surface area contributed by atoms with Crippen LogP contribution in [0.25, 0.3) is 0 Å². The van der Waals surface area contributed by atoms with E-state index >= 15 is 0 Å². The average molecular weight is 429 g/mol. The Balaban J connectivity index is 1.78. The lowest BCUT2D eigenvalue weighted by Gasteiger charge is -2.40. The van der Waals surface area contributed by atoms with E-state index in [1.807, 2.05) is 19.9 Å². The summed E-state index contributed by atoms with van der Waals surface area (Å²) < 4.78 is 11.1.